The van der Waals surface area contributed by atoms with Crippen molar-refractivity contribution in [3.63, 3.8) is 0 Å². The molecule has 1 fully saturated rings. The minimum Gasteiger partial charge on any atom is -0.458 e. The van der Waals surface area contributed by atoms with Crippen molar-refractivity contribution in [2.75, 3.05) is 7.11 Å². The largest absolute Gasteiger partial charge is 0.458 e. The Labute approximate surface area is 115 Å². The molecule has 1 aliphatic rings. The molecule has 8 heteroatoms. The van der Waals surface area contributed by atoms with Gasteiger partial charge >= 0.3 is 11.9 Å². The summed E-state index contributed by atoms with van der Waals surface area (Å²) in [6.45, 7) is 3.75. The number of hydrogen-bond acceptors (Lipinski definition) is 6. The molecule has 116 valence electrons. The molecule has 0 radical (unpaired) electrons. The van der Waals surface area contributed by atoms with E-state index in [9.17, 15) is 18.4 Å². The summed E-state index contributed by atoms with van der Waals surface area (Å²) in [5.41, 5.74) is 0. The SMILES string of the molecule is CO[C@@H]1O[C@@H](C)[C@H](OC(C)=O)[C@@H](OC(C)=O)[C@@H]1C(F)F. The van der Waals surface area contributed by atoms with Crippen molar-refractivity contribution in [1.29, 1.82) is 0 Å². The van der Waals surface area contributed by atoms with Crippen LogP contribution in [-0.2, 0) is 28.5 Å². The summed E-state index contributed by atoms with van der Waals surface area (Å²) in [5, 5.41) is 0. The third-order valence-electron chi connectivity index (χ3n) is 2.96. The van der Waals surface area contributed by atoms with E-state index in [2.05, 4.69) is 0 Å². The number of methoxy groups -OCH3 is 1. The van der Waals surface area contributed by atoms with Gasteiger partial charge in [-0.3, -0.25) is 9.59 Å². The summed E-state index contributed by atoms with van der Waals surface area (Å²) in [7, 11) is 1.21. The van der Waals surface area contributed by atoms with E-state index in [0.29, 0.717) is 0 Å². The summed E-state index contributed by atoms with van der Waals surface area (Å²) in [5.74, 6) is -2.96. The lowest BCUT2D eigenvalue weighted by Gasteiger charge is -2.43. The fourth-order valence-electron chi connectivity index (χ4n) is 2.19. The Bertz CT molecular complexity index is 362. The van der Waals surface area contributed by atoms with Gasteiger partial charge in [-0.05, 0) is 6.92 Å². The highest BCUT2D eigenvalue weighted by molar-refractivity contribution is 5.67. The van der Waals surface area contributed by atoms with Gasteiger partial charge in [0.25, 0.3) is 0 Å². The average molecular weight is 296 g/mol. The van der Waals surface area contributed by atoms with Crippen LogP contribution in [0.4, 0.5) is 8.78 Å². The predicted molar refractivity (Wildman–Crippen MR) is 61.9 cm³/mol. The molecule has 0 bridgehead atoms. The van der Waals surface area contributed by atoms with Crippen LogP contribution in [0.1, 0.15) is 20.8 Å². The first-order valence-corrected chi connectivity index (χ1v) is 6.08. The zero-order chi connectivity index (χ0) is 15.4. The third-order valence-corrected chi connectivity index (χ3v) is 2.96. The van der Waals surface area contributed by atoms with E-state index < -0.39 is 48.9 Å². The molecule has 0 spiro atoms. The monoisotopic (exact) mass is 296 g/mol. The number of rotatable bonds is 4. The molecule has 1 saturated heterocycles. The fourth-order valence-corrected chi connectivity index (χ4v) is 2.19. The van der Waals surface area contributed by atoms with E-state index >= 15 is 0 Å². The van der Waals surface area contributed by atoms with E-state index in [0.717, 1.165) is 13.8 Å². The van der Waals surface area contributed by atoms with Crippen molar-refractivity contribution < 1.29 is 37.3 Å². The topological polar surface area (TPSA) is 71.1 Å². The highest BCUT2D eigenvalue weighted by Gasteiger charge is 2.52. The number of carbonyl (C=O) groups is 2. The van der Waals surface area contributed by atoms with E-state index in [1.54, 1.807) is 0 Å². The van der Waals surface area contributed by atoms with Crippen LogP contribution >= 0.6 is 0 Å². The summed E-state index contributed by atoms with van der Waals surface area (Å²) in [4.78, 5) is 22.2. The number of halogens is 2. The standard InChI is InChI=1S/C12H18F2O6/c1-5-9(19-6(2)15)10(20-7(3)16)8(11(13)14)12(17-4)18-5/h5,8-12H,1-4H3/t5-,8+,9-,10-,12+/m0/s1. The van der Waals surface area contributed by atoms with Crippen molar-refractivity contribution in [3.05, 3.63) is 0 Å². The molecule has 1 heterocycles. The van der Waals surface area contributed by atoms with Gasteiger partial charge in [0.15, 0.2) is 18.5 Å². The van der Waals surface area contributed by atoms with Gasteiger partial charge in [-0.1, -0.05) is 0 Å². The molecule has 1 rings (SSSR count). The van der Waals surface area contributed by atoms with Gasteiger partial charge in [0.2, 0.25) is 6.43 Å². The molecular formula is C12H18F2O6. The van der Waals surface area contributed by atoms with Gasteiger partial charge in [0, 0.05) is 21.0 Å². The highest BCUT2D eigenvalue weighted by Crippen LogP contribution is 2.34. The maximum Gasteiger partial charge on any atom is 0.303 e. The second-order valence-corrected chi connectivity index (χ2v) is 4.51. The van der Waals surface area contributed by atoms with Gasteiger partial charge < -0.3 is 18.9 Å². The smallest absolute Gasteiger partial charge is 0.303 e. The molecule has 0 amide bonds. The molecule has 20 heavy (non-hydrogen) atoms. The lowest BCUT2D eigenvalue weighted by Crippen LogP contribution is -2.58. The Hall–Kier alpha value is -1.28. The second-order valence-electron chi connectivity index (χ2n) is 4.51. The van der Waals surface area contributed by atoms with E-state index in [1.807, 2.05) is 0 Å². The van der Waals surface area contributed by atoms with Gasteiger partial charge in [-0.25, -0.2) is 8.78 Å². The molecule has 0 N–H and O–H groups in total. The minimum absolute atomic E-state index is 0.675. The lowest BCUT2D eigenvalue weighted by molar-refractivity contribution is -0.293. The summed E-state index contributed by atoms with van der Waals surface area (Å²) in [6.07, 6.45) is -7.30. The first kappa shape index (κ1) is 16.8. The van der Waals surface area contributed by atoms with Crippen LogP contribution in [0.2, 0.25) is 0 Å². The Morgan fingerprint density at radius 2 is 1.60 bits per heavy atom. The summed E-state index contributed by atoms with van der Waals surface area (Å²) < 4.78 is 46.4. The molecular weight excluding hydrogens is 278 g/mol. The molecule has 0 aromatic carbocycles. The van der Waals surface area contributed by atoms with Crippen molar-refractivity contribution in [2.24, 2.45) is 5.92 Å². The zero-order valence-electron chi connectivity index (χ0n) is 11.7. The van der Waals surface area contributed by atoms with Crippen LogP contribution < -0.4 is 0 Å². The summed E-state index contributed by atoms with van der Waals surface area (Å²) >= 11 is 0. The lowest BCUT2D eigenvalue weighted by atomic mass is 9.91. The van der Waals surface area contributed by atoms with Gasteiger partial charge in [-0.15, -0.1) is 0 Å². The van der Waals surface area contributed by atoms with Crippen molar-refractivity contribution in [2.45, 2.75) is 51.8 Å². The number of hydrogen-bond donors (Lipinski definition) is 0. The third kappa shape index (κ3) is 3.86. The molecule has 0 aliphatic carbocycles. The second kappa shape index (κ2) is 6.94. The maximum atomic E-state index is 13.2. The Kier molecular flexibility index (Phi) is 5.82. The zero-order valence-corrected chi connectivity index (χ0v) is 11.7. The first-order valence-electron chi connectivity index (χ1n) is 6.08. The molecule has 5 atom stereocenters. The van der Waals surface area contributed by atoms with E-state index in [-0.39, 0.29) is 0 Å². The molecule has 0 unspecified atom stereocenters. The maximum absolute atomic E-state index is 13.2. The number of ether oxygens (including phenoxy) is 4. The molecule has 6 nitrogen and oxygen atoms in total. The fraction of sp³-hybridized carbons (Fsp3) is 0.833. The van der Waals surface area contributed by atoms with Gasteiger partial charge in [-0.2, -0.15) is 0 Å². The molecule has 0 aromatic rings. The van der Waals surface area contributed by atoms with Crippen molar-refractivity contribution in [3.8, 4) is 0 Å². The number of esters is 2. The number of carbonyl (C=O) groups excluding carboxylic acids is 2. The Morgan fingerprint density at radius 3 is 2.00 bits per heavy atom. The van der Waals surface area contributed by atoms with Crippen LogP contribution in [0.15, 0.2) is 0 Å². The van der Waals surface area contributed by atoms with Crippen LogP contribution in [0, 0.1) is 5.92 Å². The molecule has 0 saturated carbocycles. The minimum atomic E-state index is -2.87. The highest BCUT2D eigenvalue weighted by atomic mass is 19.3. The van der Waals surface area contributed by atoms with Gasteiger partial charge in [0.05, 0.1) is 6.10 Å². The average Bonchev–Trinajstić information content (AvgIpc) is 2.31. The summed E-state index contributed by atoms with van der Waals surface area (Å²) in [6, 6.07) is 0. The van der Waals surface area contributed by atoms with Crippen molar-refractivity contribution >= 4 is 11.9 Å². The normalized spacial score (nSPS) is 33.9. The Morgan fingerprint density at radius 1 is 1.10 bits per heavy atom. The molecule has 1 aliphatic heterocycles. The van der Waals surface area contributed by atoms with Crippen molar-refractivity contribution in [1.82, 2.24) is 0 Å². The number of alkyl halides is 2. The van der Waals surface area contributed by atoms with Crippen LogP contribution in [0.3, 0.4) is 0 Å². The van der Waals surface area contributed by atoms with E-state index in [1.165, 1.54) is 14.0 Å². The van der Waals surface area contributed by atoms with Gasteiger partial charge in [0.1, 0.15) is 5.92 Å². The first-order chi connectivity index (χ1) is 9.27. The van der Waals surface area contributed by atoms with Crippen LogP contribution in [-0.4, -0.2) is 50.1 Å². The van der Waals surface area contributed by atoms with Crippen LogP contribution in [0.5, 0.6) is 0 Å². The predicted octanol–water partition coefficient (Wildman–Crippen LogP) is 1.12. The van der Waals surface area contributed by atoms with Crippen LogP contribution in [0.25, 0.3) is 0 Å². The molecule has 0 aromatic heterocycles. The van der Waals surface area contributed by atoms with E-state index in [4.69, 9.17) is 18.9 Å². The Balaban J connectivity index is 3.07. The quantitative estimate of drug-likeness (QED) is 0.724.